The summed E-state index contributed by atoms with van der Waals surface area (Å²) in [6.45, 7) is 0. The molecule has 4 nitrogen and oxygen atoms in total. The van der Waals surface area contributed by atoms with Crippen LogP contribution in [0.5, 0.6) is 0 Å². The number of nitrogens with zero attached hydrogens (tertiary/aromatic N) is 2. The maximum Gasteiger partial charge on any atom is 0.0812 e. The molecule has 0 saturated heterocycles. The smallest absolute Gasteiger partial charge is 0.0812 e. The zero-order valence-electron chi connectivity index (χ0n) is 27.8. The number of hydrogen-bond acceptors (Lipinski definition) is 2. The molecule has 7 aromatic rings. The van der Waals surface area contributed by atoms with Crippen molar-refractivity contribution in [3.8, 4) is 44.5 Å². The van der Waals surface area contributed by atoms with Crippen molar-refractivity contribution in [1.29, 1.82) is 0 Å². The van der Waals surface area contributed by atoms with E-state index in [0.29, 0.717) is 0 Å². The molecule has 3 aliphatic rings. The van der Waals surface area contributed by atoms with Gasteiger partial charge in [0, 0.05) is 55.5 Å². The minimum Gasteiger partial charge on any atom is -0.354 e. The molecule has 1 aliphatic carbocycles. The fourth-order valence-corrected chi connectivity index (χ4v) is 7.73. The molecule has 8 bridgehead atoms. The topological polar surface area (TPSA) is 57.4 Å². The van der Waals surface area contributed by atoms with Gasteiger partial charge in [-0.15, -0.1) is 0 Å². The van der Waals surface area contributed by atoms with Crippen LogP contribution >= 0.6 is 0 Å². The molecule has 0 atom stereocenters. The zero-order valence-corrected chi connectivity index (χ0v) is 27.8. The van der Waals surface area contributed by atoms with Crippen molar-refractivity contribution >= 4 is 45.4 Å². The maximum absolute atomic E-state index is 5.61. The average molecular weight is 653 g/mol. The van der Waals surface area contributed by atoms with Crippen LogP contribution in [-0.4, -0.2) is 19.9 Å². The van der Waals surface area contributed by atoms with Crippen LogP contribution in [0, 0.1) is 0 Å². The number of aromatic amines is 2. The number of rotatable bonds is 4. The van der Waals surface area contributed by atoms with E-state index < -0.39 is 0 Å². The first-order valence-corrected chi connectivity index (χ1v) is 17.4. The first-order chi connectivity index (χ1) is 25.3. The van der Waals surface area contributed by atoms with Crippen molar-refractivity contribution in [2.45, 2.75) is 6.42 Å². The summed E-state index contributed by atoms with van der Waals surface area (Å²) < 4.78 is 0. The molecule has 0 unspecified atom stereocenters. The monoisotopic (exact) mass is 652 g/mol. The third kappa shape index (κ3) is 4.92. The summed E-state index contributed by atoms with van der Waals surface area (Å²) in [4.78, 5) is 18.7. The molecule has 3 aromatic heterocycles. The van der Waals surface area contributed by atoms with Gasteiger partial charge in [0.25, 0.3) is 0 Å². The van der Waals surface area contributed by atoms with E-state index in [1.54, 1.807) is 0 Å². The van der Waals surface area contributed by atoms with Crippen LogP contribution in [0.2, 0.25) is 0 Å². The van der Waals surface area contributed by atoms with Crippen molar-refractivity contribution in [2.24, 2.45) is 0 Å². The molecule has 5 heterocycles. The molecular formula is C47H32N4. The van der Waals surface area contributed by atoms with Gasteiger partial charge in [-0.3, -0.25) is 0 Å². The highest BCUT2D eigenvalue weighted by Crippen LogP contribution is 2.47. The molecular weight excluding hydrogens is 621 g/mol. The van der Waals surface area contributed by atoms with Gasteiger partial charge < -0.3 is 9.97 Å². The van der Waals surface area contributed by atoms with Crippen molar-refractivity contribution in [3.63, 3.8) is 0 Å². The van der Waals surface area contributed by atoms with E-state index in [1.807, 2.05) is 0 Å². The second-order valence-electron chi connectivity index (χ2n) is 13.0. The number of nitrogens with one attached hydrogen (secondary N) is 2. The number of hydrogen-bond donors (Lipinski definition) is 2. The lowest BCUT2D eigenvalue weighted by molar-refractivity contribution is 1.30. The summed E-state index contributed by atoms with van der Waals surface area (Å²) in [5.74, 6) is 0. The normalized spacial score (nSPS) is 13.2. The average Bonchev–Trinajstić information content (AvgIpc) is 4.03. The van der Waals surface area contributed by atoms with Crippen LogP contribution in [0.1, 0.15) is 29.2 Å². The van der Waals surface area contributed by atoms with Gasteiger partial charge in [-0.1, -0.05) is 133 Å². The minimum atomic E-state index is 0.866. The van der Waals surface area contributed by atoms with E-state index in [-0.39, 0.29) is 0 Å². The van der Waals surface area contributed by atoms with Gasteiger partial charge in [-0.05, 0) is 65.1 Å². The fraction of sp³-hybridized carbons (Fsp3) is 0.0213. The van der Waals surface area contributed by atoms with Crippen molar-refractivity contribution in [2.75, 3.05) is 0 Å². The molecule has 0 fully saturated rings. The highest BCUT2D eigenvalue weighted by Gasteiger charge is 2.29. The molecule has 10 rings (SSSR count). The SMILES string of the molecule is C1=Cc2nc1c(-c1ccccc1)c1ccc([nH]1)c(-c1ccccc1)c1nc(c(-c3ccccc3)c3ccc([nH]3)c2-c2ccccc2)C2=CCC=C21. The predicted octanol–water partition coefficient (Wildman–Crippen LogP) is 12.0. The van der Waals surface area contributed by atoms with Crippen LogP contribution in [0.3, 0.4) is 0 Å². The number of fused-ring (bicyclic) bond motifs is 11. The van der Waals surface area contributed by atoms with E-state index in [0.717, 1.165) is 95.8 Å². The lowest BCUT2D eigenvalue weighted by atomic mass is 9.95. The van der Waals surface area contributed by atoms with Crippen molar-refractivity contribution in [1.82, 2.24) is 19.9 Å². The molecule has 0 saturated carbocycles. The standard InChI is InChI=1S/C47H32N4/c1-5-14-30(15-6-1)42-36-24-25-37(48-36)43(31-16-7-2-8-17-31)39-27-29-41(50-39)45(33-20-11-4-12-21-33)47-35-23-13-22-34(35)46(51-47)44(32-18-9-3-10-19-32)40-28-26-38(42)49-40/h1-12,14-29,49-50H,13H2. The Morgan fingerprint density at radius 3 is 1.06 bits per heavy atom. The number of H-pyrrole nitrogens is 2. The van der Waals surface area contributed by atoms with Gasteiger partial charge in [0.2, 0.25) is 0 Å². The Hall–Kier alpha value is -6.78. The molecule has 2 aliphatic heterocycles. The van der Waals surface area contributed by atoms with Gasteiger partial charge in [0.15, 0.2) is 0 Å². The first-order valence-electron chi connectivity index (χ1n) is 17.4. The Balaban J connectivity index is 1.44. The summed E-state index contributed by atoms with van der Waals surface area (Å²) >= 11 is 0. The summed E-state index contributed by atoms with van der Waals surface area (Å²) in [5, 5.41) is 0. The highest BCUT2D eigenvalue weighted by molar-refractivity contribution is 6.15. The Kier molecular flexibility index (Phi) is 6.85. The van der Waals surface area contributed by atoms with Gasteiger partial charge in [0.1, 0.15) is 0 Å². The third-order valence-corrected chi connectivity index (χ3v) is 9.99. The van der Waals surface area contributed by atoms with Crippen LogP contribution in [-0.2, 0) is 0 Å². The number of benzene rings is 4. The van der Waals surface area contributed by atoms with Crippen molar-refractivity contribution in [3.05, 3.63) is 181 Å². The van der Waals surface area contributed by atoms with E-state index in [9.17, 15) is 0 Å². The molecule has 2 N–H and O–H groups in total. The largest absolute Gasteiger partial charge is 0.354 e. The van der Waals surface area contributed by atoms with Gasteiger partial charge in [-0.25, -0.2) is 9.97 Å². The van der Waals surface area contributed by atoms with Crippen LogP contribution < -0.4 is 0 Å². The number of aromatic nitrogens is 4. The molecule has 0 amide bonds. The van der Waals surface area contributed by atoms with Gasteiger partial charge >= 0.3 is 0 Å². The van der Waals surface area contributed by atoms with Crippen molar-refractivity contribution < 1.29 is 0 Å². The Labute approximate surface area is 295 Å². The molecule has 240 valence electrons. The Bertz CT molecular complexity index is 2550. The summed E-state index contributed by atoms with van der Waals surface area (Å²) in [5.41, 5.74) is 18.8. The molecule has 0 spiro atoms. The molecule has 4 aromatic carbocycles. The summed E-state index contributed by atoms with van der Waals surface area (Å²) in [6, 6.07) is 51.1. The van der Waals surface area contributed by atoms with E-state index in [1.165, 1.54) is 11.1 Å². The summed E-state index contributed by atoms with van der Waals surface area (Å²) in [7, 11) is 0. The van der Waals surface area contributed by atoms with Crippen LogP contribution in [0.25, 0.3) is 89.9 Å². The lowest BCUT2D eigenvalue weighted by Crippen LogP contribution is -1.89. The fourth-order valence-electron chi connectivity index (χ4n) is 7.73. The Morgan fingerprint density at radius 1 is 0.353 bits per heavy atom. The predicted molar refractivity (Wildman–Crippen MR) is 212 cm³/mol. The maximum atomic E-state index is 5.61. The van der Waals surface area contributed by atoms with Crippen LogP contribution in [0.15, 0.2) is 158 Å². The molecule has 4 heteroatoms. The van der Waals surface area contributed by atoms with Gasteiger partial charge in [-0.2, -0.15) is 0 Å². The zero-order chi connectivity index (χ0) is 33.7. The first kappa shape index (κ1) is 29.2. The number of allylic oxidation sites excluding steroid dienone is 4. The lowest BCUT2D eigenvalue weighted by Gasteiger charge is -2.07. The quantitative estimate of drug-likeness (QED) is 0.199. The minimum absolute atomic E-state index is 0.866. The molecule has 0 radical (unpaired) electrons. The van der Waals surface area contributed by atoms with E-state index in [2.05, 4.69) is 180 Å². The van der Waals surface area contributed by atoms with E-state index >= 15 is 0 Å². The highest BCUT2D eigenvalue weighted by atomic mass is 14.8. The summed E-state index contributed by atoms with van der Waals surface area (Å²) in [6.07, 6.45) is 9.81. The van der Waals surface area contributed by atoms with E-state index in [4.69, 9.17) is 9.97 Å². The second kappa shape index (κ2) is 12.0. The Morgan fingerprint density at radius 2 is 0.686 bits per heavy atom. The van der Waals surface area contributed by atoms with Gasteiger partial charge in [0.05, 0.1) is 22.8 Å². The second-order valence-corrected chi connectivity index (χ2v) is 13.0. The molecule has 51 heavy (non-hydrogen) atoms. The van der Waals surface area contributed by atoms with Crippen LogP contribution in [0.4, 0.5) is 0 Å². The third-order valence-electron chi connectivity index (χ3n) is 9.99.